The Hall–Kier alpha value is -1.36. The van der Waals surface area contributed by atoms with E-state index < -0.39 is 0 Å². The smallest absolute Gasteiger partial charge is 0.242 e. The molecule has 1 amide bonds. The lowest BCUT2D eigenvalue weighted by molar-refractivity contribution is -0.121. The number of nitrogens with zero attached hydrogens (tertiary/aromatic N) is 2. The molecule has 1 atom stereocenters. The monoisotopic (exact) mass is 312 g/mol. The van der Waals surface area contributed by atoms with Crippen LogP contribution in [0.5, 0.6) is 0 Å². The van der Waals surface area contributed by atoms with E-state index in [0.29, 0.717) is 23.3 Å². The van der Waals surface area contributed by atoms with Crippen molar-refractivity contribution in [2.75, 3.05) is 11.9 Å². The van der Waals surface area contributed by atoms with Crippen LogP contribution in [-0.4, -0.2) is 28.5 Å². The summed E-state index contributed by atoms with van der Waals surface area (Å²) < 4.78 is 0. The zero-order chi connectivity index (χ0) is 16.2. The van der Waals surface area contributed by atoms with Crippen LogP contribution in [0.1, 0.15) is 52.4 Å². The number of anilines is 1. The lowest BCUT2D eigenvalue weighted by Gasteiger charge is -2.21. The number of carbonyl (C=O) groups excluding carboxylic acids is 1. The van der Waals surface area contributed by atoms with E-state index in [1.807, 2.05) is 34.6 Å². The first-order chi connectivity index (χ1) is 9.66. The second kappa shape index (κ2) is 7.07. The Morgan fingerprint density at radius 2 is 1.95 bits per heavy atom. The summed E-state index contributed by atoms with van der Waals surface area (Å²) in [5, 5.41) is 6.39. The molecule has 6 heteroatoms. The quantitative estimate of drug-likeness (QED) is 0.820. The van der Waals surface area contributed by atoms with Crippen molar-refractivity contribution in [2.45, 2.75) is 59.4 Å². The van der Waals surface area contributed by atoms with Gasteiger partial charge >= 0.3 is 0 Å². The lowest BCUT2D eigenvalue weighted by Crippen LogP contribution is -2.38. The van der Waals surface area contributed by atoms with Gasteiger partial charge in [-0.25, -0.2) is 9.97 Å². The van der Waals surface area contributed by atoms with Gasteiger partial charge in [-0.15, -0.1) is 0 Å². The van der Waals surface area contributed by atoms with Crippen LogP contribution in [0, 0.1) is 6.92 Å². The molecule has 21 heavy (non-hydrogen) atoms. The summed E-state index contributed by atoms with van der Waals surface area (Å²) >= 11 is 6.18. The van der Waals surface area contributed by atoms with E-state index >= 15 is 0 Å². The molecule has 0 radical (unpaired) electrons. The number of halogens is 1. The van der Waals surface area contributed by atoms with Crippen molar-refractivity contribution in [3.8, 4) is 0 Å². The summed E-state index contributed by atoms with van der Waals surface area (Å²) in [7, 11) is 0. The summed E-state index contributed by atoms with van der Waals surface area (Å²) in [5.41, 5.74) is 0.543. The predicted molar refractivity (Wildman–Crippen MR) is 86.9 cm³/mol. The van der Waals surface area contributed by atoms with Crippen molar-refractivity contribution >= 4 is 23.3 Å². The molecule has 0 aliphatic carbocycles. The van der Waals surface area contributed by atoms with Crippen LogP contribution in [0.25, 0.3) is 0 Å². The highest BCUT2D eigenvalue weighted by Crippen LogP contribution is 2.26. The molecule has 0 fully saturated rings. The third kappa shape index (κ3) is 4.84. The molecule has 0 aliphatic rings. The number of hydrogen-bond donors (Lipinski definition) is 2. The number of rotatable bonds is 5. The Kier molecular flexibility index (Phi) is 5.96. The molecular weight excluding hydrogens is 288 g/mol. The molecule has 0 bridgehead atoms. The molecule has 1 unspecified atom stereocenters. The van der Waals surface area contributed by atoms with Crippen molar-refractivity contribution in [3.63, 3.8) is 0 Å². The minimum absolute atomic E-state index is 0.0525. The molecule has 1 heterocycles. The van der Waals surface area contributed by atoms with Gasteiger partial charge in [0.1, 0.15) is 22.8 Å². The maximum Gasteiger partial charge on any atom is 0.242 e. The van der Waals surface area contributed by atoms with Crippen LogP contribution in [0.15, 0.2) is 0 Å². The van der Waals surface area contributed by atoms with E-state index in [0.717, 1.165) is 12.0 Å². The highest BCUT2D eigenvalue weighted by atomic mass is 35.5. The molecule has 0 spiro atoms. The zero-order valence-corrected chi connectivity index (χ0v) is 14.4. The van der Waals surface area contributed by atoms with Crippen molar-refractivity contribution in [1.82, 2.24) is 15.3 Å². The Labute approximate surface area is 131 Å². The fraction of sp³-hybridized carbons (Fsp3) is 0.667. The topological polar surface area (TPSA) is 66.9 Å². The van der Waals surface area contributed by atoms with Crippen LogP contribution in [0.4, 0.5) is 5.82 Å². The summed E-state index contributed by atoms with van der Waals surface area (Å²) in [6.07, 6.45) is 0.908. The van der Waals surface area contributed by atoms with E-state index in [1.54, 1.807) is 6.92 Å². The molecule has 0 saturated carbocycles. The Morgan fingerprint density at radius 3 is 2.48 bits per heavy atom. The first kappa shape index (κ1) is 17.7. The number of hydrogen-bond acceptors (Lipinski definition) is 4. The van der Waals surface area contributed by atoms with Crippen LogP contribution < -0.4 is 10.6 Å². The minimum atomic E-state index is -0.381. The van der Waals surface area contributed by atoms with Gasteiger partial charge < -0.3 is 10.6 Å². The Balaban J connectivity index is 2.97. The van der Waals surface area contributed by atoms with Crippen LogP contribution in [-0.2, 0) is 10.2 Å². The maximum absolute atomic E-state index is 11.9. The number of carbonyl (C=O) groups is 1. The Bertz CT molecular complexity index is 511. The standard InChI is InChI=1S/C15H25ClN4O/c1-7-8-17-13(21)10(3)18-12-9(2)11(16)19-14(20-12)15(4,5)6/h10H,7-8H2,1-6H3,(H,17,21)(H,18,19,20). The third-order valence-electron chi connectivity index (χ3n) is 3.05. The third-order valence-corrected chi connectivity index (χ3v) is 3.42. The minimum Gasteiger partial charge on any atom is -0.358 e. The summed E-state index contributed by atoms with van der Waals surface area (Å²) in [6, 6.07) is -0.381. The van der Waals surface area contributed by atoms with Crippen LogP contribution in [0.2, 0.25) is 5.15 Å². The van der Waals surface area contributed by atoms with Gasteiger partial charge in [0.25, 0.3) is 0 Å². The van der Waals surface area contributed by atoms with E-state index in [4.69, 9.17) is 11.6 Å². The van der Waals surface area contributed by atoms with Crippen LogP contribution in [0.3, 0.4) is 0 Å². The maximum atomic E-state index is 11.9. The molecule has 118 valence electrons. The number of amides is 1. The first-order valence-electron chi connectivity index (χ1n) is 7.25. The average molecular weight is 313 g/mol. The highest BCUT2D eigenvalue weighted by Gasteiger charge is 2.22. The first-order valence-corrected chi connectivity index (χ1v) is 7.63. The van der Waals surface area contributed by atoms with E-state index in [9.17, 15) is 4.79 Å². The van der Waals surface area contributed by atoms with E-state index in [-0.39, 0.29) is 17.4 Å². The van der Waals surface area contributed by atoms with Gasteiger partial charge in [0.15, 0.2) is 0 Å². The van der Waals surface area contributed by atoms with Gasteiger partial charge in [0.2, 0.25) is 5.91 Å². The molecule has 0 aliphatic heterocycles. The largest absolute Gasteiger partial charge is 0.358 e. The second-order valence-electron chi connectivity index (χ2n) is 6.22. The number of nitrogens with one attached hydrogen (secondary N) is 2. The van der Waals surface area contributed by atoms with Crippen molar-refractivity contribution in [2.24, 2.45) is 0 Å². The van der Waals surface area contributed by atoms with Gasteiger partial charge in [-0.3, -0.25) is 4.79 Å². The molecule has 1 rings (SSSR count). The fourth-order valence-corrected chi connectivity index (χ4v) is 1.81. The van der Waals surface area contributed by atoms with Gasteiger partial charge in [-0.2, -0.15) is 0 Å². The SMILES string of the molecule is CCCNC(=O)C(C)Nc1nc(C(C)(C)C)nc(Cl)c1C. The van der Waals surface area contributed by atoms with Crippen LogP contribution >= 0.6 is 11.6 Å². The van der Waals surface area contributed by atoms with Crippen molar-refractivity contribution < 1.29 is 4.79 Å². The van der Waals surface area contributed by atoms with Gasteiger partial charge in [-0.05, 0) is 20.3 Å². The lowest BCUT2D eigenvalue weighted by atomic mass is 9.95. The highest BCUT2D eigenvalue weighted by molar-refractivity contribution is 6.30. The summed E-state index contributed by atoms with van der Waals surface area (Å²) in [4.78, 5) is 20.8. The van der Waals surface area contributed by atoms with Gasteiger partial charge in [0.05, 0.1) is 0 Å². The van der Waals surface area contributed by atoms with Gasteiger partial charge in [-0.1, -0.05) is 39.3 Å². The fourth-order valence-electron chi connectivity index (χ4n) is 1.64. The molecule has 0 aromatic carbocycles. The van der Waals surface area contributed by atoms with Gasteiger partial charge in [0, 0.05) is 17.5 Å². The van der Waals surface area contributed by atoms with Crippen molar-refractivity contribution in [3.05, 3.63) is 16.5 Å². The zero-order valence-electron chi connectivity index (χ0n) is 13.7. The molecule has 2 N–H and O–H groups in total. The normalized spacial score (nSPS) is 12.9. The molecular formula is C15H25ClN4O. The predicted octanol–water partition coefficient (Wildman–Crippen LogP) is 3.06. The summed E-state index contributed by atoms with van der Waals surface area (Å²) in [6.45, 7) is 12.4. The Morgan fingerprint density at radius 1 is 1.33 bits per heavy atom. The van der Waals surface area contributed by atoms with Crippen molar-refractivity contribution in [1.29, 1.82) is 0 Å². The second-order valence-corrected chi connectivity index (χ2v) is 6.58. The molecule has 1 aromatic rings. The summed E-state index contributed by atoms with van der Waals surface area (Å²) in [5.74, 6) is 1.21. The van der Waals surface area contributed by atoms with E-state index in [1.165, 1.54) is 0 Å². The molecule has 1 aromatic heterocycles. The average Bonchev–Trinajstić information content (AvgIpc) is 2.39. The molecule has 5 nitrogen and oxygen atoms in total. The van der Waals surface area contributed by atoms with E-state index in [2.05, 4.69) is 20.6 Å². The number of aromatic nitrogens is 2. The molecule has 0 saturated heterocycles.